The van der Waals surface area contributed by atoms with Crippen molar-refractivity contribution < 1.29 is 19.1 Å². The Morgan fingerprint density at radius 1 is 1.33 bits per heavy atom. The lowest BCUT2D eigenvalue weighted by Gasteiger charge is -2.13. The van der Waals surface area contributed by atoms with Crippen molar-refractivity contribution in [2.45, 2.75) is 13.8 Å². The average molecular weight is 369 g/mol. The molecule has 0 aliphatic rings. The summed E-state index contributed by atoms with van der Waals surface area (Å²) in [4.78, 5) is 31.6. The zero-order chi connectivity index (χ0) is 19.8. The van der Waals surface area contributed by atoms with Crippen LogP contribution >= 0.6 is 0 Å². The molecule has 0 unspecified atom stereocenters. The molecule has 2 rings (SSSR count). The van der Waals surface area contributed by atoms with Crippen molar-refractivity contribution in [1.29, 1.82) is 5.26 Å². The SMILES string of the molecule is CCOC(=O)c1c(N)nc(-c2cccc(C#N)c2)nc1OCCNC(C)=O. The third-order valence-corrected chi connectivity index (χ3v) is 3.35. The largest absolute Gasteiger partial charge is 0.475 e. The molecule has 0 aliphatic heterocycles. The van der Waals surface area contributed by atoms with Gasteiger partial charge in [0.1, 0.15) is 12.4 Å². The molecule has 140 valence electrons. The summed E-state index contributed by atoms with van der Waals surface area (Å²) in [5.74, 6) is -0.867. The smallest absolute Gasteiger partial charge is 0.347 e. The molecule has 0 spiro atoms. The first-order valence-electron chi connectivity index (χ1n) is 8.18. The maximum Gasteiger partial charge on any atom is 0.347 e. The first-order chi connectivity index (χ1) is 13.0. The molecule has 0 bridgehead atoms. The van der Waals surface area contributed by atoms with Gasteiger partial charge in [0.15, 0.2) is 11.4 Å². The maximum absolute atomic E-state index is 12.2. The van der Waals surface area contributed by atoms with Gasteiger partial charge in [0.05, 0.1) is 24.8 Å². The van der Waals surface area contributed by atoms with Crippen molar-refractivity contribution in [2.75, 3.05) is 25.5 Å². The van der Waals surface area contributed by atoms with E-state index < -0.39 is 5.97 Å². The van der Waals surface area contributed by atoms with Gasteiger partial charge in [-0.15, -0.1) is 0 Å². The van der Waals surface area contributed by atoms with Gasteiger partial charge < -0.3 is 20.5 Å². The molecule has 0 atom stereocenters. The minimum Gasteiger partial charge on any atom is -0.475 e. The Balaban J connectivity index is 2.41. The van der Waals surface area contributed by atoms with Crippen LogP contribution < -0.4 is 15.8 Å². The van der Waals surface area contributed by atoms with Crippen molar-refractivity contribution in [2.24, 2.45) is 0 Å². The van der Waals surface area contributed by atoms with E-state index in [-0.39, 0.29) is 48.8 Å². The number of nitrogens with two attached hydrogens (primary N) is 1. The van der Waals surface area contributed by atoms with E-state index in [9.17, 15) is 9.59 Å². The number of hydrogen-bond donors (Lipinski definition) is 2. The van der Waals surface area contributed by atoms with Crippen LogP contribution in [0.15, 0.2) is 24.3 Å². The number of anilines is 1. The van der Waals surface area contributed by atoms with Gasteiger partial charge in [0, 0.05) is 12.5 Å². The van der Waals surface area contributed by atoms with Gasteiger partial charge in [-0.1, -0.05) is 12.1 Å². The Hall–Kier alpha value is -3.67. The molecule has 9 nitrogen and oxygen atoms in total. The van der Waals surface area contributed by atoms with Crippen LogP contribution in [-0.4, -0.2) is 41.6 Å². The normalized spacial score (nSPS) is 9.96. The molecule has 1 heterocycles. The first kappa shape index (κ1) is 19.7. The van der Waals surface area contributed by atoms with Crippen LogP contribution in [0.1, 0.15) is 29.8 Å². The third kappa shape index (κ3) is 5.15. The van der Waals surface area contributed by atoms with Crippen LogP contribution in [0.2, 0.25) is 0 Å². The number of aromatic nitrogens is 2. The molecule has 2 aromatic rings. The highest BCUT2D eigenvalue weighted by Crippen LogP contribution is 2.27. The van der Waals surface area contributed by atoms with Crippen molar-refractivity contribution in [3.05, 3.63) is 35.4 Å². The van der Waals surface area contributed by atoms with Gasteiger partial charge in [-0.25, -0.2) is 9.78 Å². The second-order valence-corrected chi connectivity index (χ2v) is 5.36. The van der Waals surface area contributed by atoms with Gasteiger partial charge in [0.2, 0.25) is 11.8 Å². The van der Waals surface area contributed by atoms with Crippen LogP contribution in [0.25, 0.3) is 11.4 Å². The highest BCUT2D eigenvalue weighted by Gasteiger charge is 2.23. The second kappa shape index (κ2) is 9.15. The molecule has 0 saturated carbocycles. The molecule has 0 radical (unpaired) electrons. The molecule has 0 aliphatic carbocycles. The number of ether oxygens (including phenoxy) is 2. The lowest BCUT2D eigenvalue weighted by molar-refractivity contribution is -0.119. The quantitative estimate of drug-likeness (QED) is 0.549. The number of nitrogen functional groups attached to an aromatic ring is 1. The fraction of sp³-hybridized carbons (Fsp3) is 0.278. The fourth-order valence-corrected chi connectivity index (χ4v) is 2.19. The van der Waals surface area contributed by atoms with E-state index in [2.05, 4.69) is 15.3 Å². The van der Waals surface area contributed by atoms with Crippen molar-refractivity contribution in [1.82, 2.24) is 15.3 Å². The molecule has 27 heavy (non-hydrogen) atoms. The summed E-state index contributed by atoms with van der Waals surface area (Å²) < 4.78 is 10.5. The van der Waals surface area contributed by atoms with E-state index in [4.69, 9.17) is 20.5 Å². The molecule has 0 saturated heterocycles. The van der Waals surface area contributed by atoms with Crippen molar-refractivity contribution >= 4 is 17.7 Å². The van der Waals surface area contributed by atoms with E-state index in [1.54, 1.807) is 31.2 Å². The zero-order valence-electron chi connectivity index (χ0n) is 15.0. The molecular weight excluding hydrogens is 350 g/mol. The number of benzene rings is 1. The molecule has 3 N–H and O–H groups in total. The highest BCUT2D eigenvalue weighted by molar-refractivity contribution is 5.97. The Bertz CT molecular complexity index is 892. The Morgan fingerprint density at radius 3 is 2.78 bits per heavy atom. The number of nitriles is 1. The molecule has 1 aromatic heterocycles. The zero-order valence-corrected chi connectivity index (χ0v) is 15.0. The first-order valence-corrected chi connectivity index (χ1v) is 8.18. The van der Waals surface area contributed by atoms with Crippen LogP contribution in [-0.2, 0) is 9.53 Å². The van der Waals surface area contributed by atoms with Gasteiger partial charge in [-0.2, -0.15) is 10.2 Å². The monoisotopic (exact) mass is 369 g/mol. The summed E-state index contributed by atoms with van der Waals surface area (Å²) in [5.41, 5.74) is 6.84. The van der Waals surface area contributed by atoms with Gasteiger partial charge in [0.25, 0.3) is 0 Å². The van der Waals surface area contributed by atoms with Gasteiger partial charge in [-0.05, 0) is 19.1 Å². The second-order valence-electron chi connectivity index (χ2n) is 5.36. The highest BCUT2D eigenvalue weighted by atomic mass is 16.5. The van der Waals surface area contributed by atoms with E-state index in [1.807, 2.05) is 6.07 Å². The van der Waals surface area contributed by atoms with E-state index in [0.717, 1.165) is 0 Å². The lowest BCUT2D eigenvalue weighted by atomic mass is 10.1. The van der Waals surface area contributed by atoms with Gasteiger partial charge >= 0.3 is 5.97 Å². The van der Waals surface area contributed by atoms with E-state index in [1.165, 1.54) is 6.92 Å². The Labute approximate surface area is 156 Å². The number of rotatable bonds is 7. The standard InChI is InChI=1S/C18H19N5O4/c1-3-26-18(25)14-15(20)22-16(13-6-4-5-12(9-13)10-19)23-17(14)27-8-7-21-11(2)24/h4-6,9H,3,7-8H2,1-2H3,(H,21,24)(H2,20,22,23). The summed E-state index contributed by atoms with van der Waals surface area (Å²) in [5, 5.41) is 11.6. The topological polar surface area (TPSA) is 140 Å². The molecule has 1 aromatic carbocycles. The molecule has 9 heteroatoms. The Morgan fingerprint density at radius 2 is 2.11 bits per heavy atom. The lowest BCUT2D eigenvalue weighted by Crippen LogP contribution is -2.26. The van der Waals surface area contributed by atoms with Crippen LogP contribution in [0.3, 0.4) is 0 Å². The number of carbonyl (C=O) groups excluding carboxylic acids is 2. The Kier molecular flexibility index (Phi) is 6.66. The molecular formula is C18H19N5O4. The van der Waals surface area contributed by atoms with E-state index >= 15 is 0 Å². The summed E-state index contributed by atoms with van der Waals surface area (Å²) in [6.07, 6.45) is 0. The number of amides is 1. The number of carbonyl (C=O) groups is 2. The number of esters is 1. The van der Waals surface area contributed by atoms with Crippen molar-refractivity contribution in [3.8, 4) is 23.3 Å². The number of nitrogens with one attached hydrogen (secondary N) is 1. The van der Waals surface area contributed by atoms with Crippen LogP contribution in [0.5, 0.6) is 5.88 Å². The summed E-state index contributed by atoms with van der Waals surface area (Å²) >= 11 is 0. The van der Waals surface area contributed by atoms with Crippen LogP contribution in [0.4, 0.5) is 5.82 Å². The predicted molar refractivity (Wildman–Crippen MR) is 96.7 cm³/mol. The third-order valence-electron chi connectivity index (χ3n) is 3.35. The van der Waals surface area contributed by atoms with Gasteiger partial charge in [-0.3, -0.25) is 4.79 Å². The minimum atomic E-state index is -0.707. The average Bonchev–Trinajstić information content (AvgIpc) is 2.64. The van der Waals surface area contributed by atoms with Crippen molar-refractivity contribution in [3.63, 3.8) is 0 Å². The summed E-state index contributed by atoms with van der Waals surface area (Å²) in [6, 6.07) is 8.67. The minimum absolute atomic E-state index is 0.0522. The predicted octanol–water partition coefficient (Wildman–Crippen LogP) is 1.29. The van der Waals surface area contributed by atoms with E-state index in [0.29, 0.717) is 11.1 Å². The fourth-order valence-electron chi connectivity index (χ4n) is 2.19. The summed E-state index contributed by atoms with van der Waals surface area (Å²) in [6.45, 7) is 3.48. The number of nitrogens with zero attached hydrogens (tertiary/aromatic N) is 3. The molecule has 0 fully saturated rings. The maximum atomic E-state index is 12.2. The molecule has 1 amide bonds. The number of hydrogen-bond acceptors (Lipinski definition) is 8. The summed E-state index contributed by atoms with van der Waals surface area (Å²) in [7, 11) is 0. The van der Waals surface area contributed by atoms with Crippen LogP contribution in [0, 0.1) is 11.3 Å².